The van der Waals surface area contributed by atoms with E-state index in [-0.39, 0.29) is 12.1 Å². The lowest BCUT2D eigenvalue weighted by Crippen LogP contribution is -2.29. The quantitative estimate of drug-likeness (QED) is 0.577. The molecule has 3 heterocycles. The Bertz CT molecular complexity index is 1380. The van der Waals surface area contributed by atoms with E-state index in [4.69, 9.17) is 0 Å². The van der Waals surface area contributed by atoms with Gasteiger partial charge in [0.2, 0.25) is 5.95 Å². The van der Waals surface area contributed by atoms with Crippen molar-refractivity contribution in [3.8, 4) is 0 Å². The summed E-state index contributed by atoms with van der Waals surface area (Å²) in [7, 11) is 1.67. The Kier molecular flexibility index (Phi) is 3.77. The van der Waals surface area contributed by atoms with Gasteiger partial charge in [0.25, 0.3) is 0 Å². The molecule has 8 heteroatoms. The van der Waals surface area contributed by atoms with Gasteiger partial charge in [-0.15, -0.1) is 0 Å². The monoisotopic (exact) mass is 390 g/mol. The van der Waals surface area contributed by atoms with Gasteiger partial charge in [-0.25, -0.2) is 18.7 Å². The highest BCUT2D eigenvalue weighted by Crippen LogP contribution is 2.35. The van der Waals surface area contributed by atoms with Crippen molar-refractivity contribution in [1.29, 1.82) is 0 Å². The van der Waals surface area contributed by atoms with Gasteiger partial charge < -0.3 is 5.32 Å². The second-order valence-corrected chi connectivity index (χ2v) is 7.37. The zero-order valence-corrected chi connectivity index (χ0v) is 16.3. The minimum atomic E-state index is -1.000. The second-order valence-electron chi connectivity index (χ2n) is 7.37. The van der Waals surface area contributed by atoms with Gasteiger partial charge in [0.1, 0.15) is 11.7 Å². The molecule has 3 aromatic heterocycles. The topological polar surface area (TPSA) is 77.6 Å². The smallest absolute Gasteiger partial charge is 0.324 e. The molecule has 7 nitrogen and oxygen atoms in total. The number of anilines is 2. The second kappa shape index (κ2) is 6.23. The molecule has 0 aliphatic heterocycles. The molecule has 0 radical (unpaired) electrons. The molecule has 0 bridgehead atoms. The lowest BCUT2D eigenvalue weighted by molar-refractivity contribution is 0.357. The molecule has 1 atom stereocenters. The van der Waals surface area contributed by atoms with Crippen molar-refractivity contribution in [3.63, 3.8) is 0 Å². The van der Waals surface area contributed by atoms with Crippen LogP contribution >= 0.6 is 0 Å². The number of hydrogen-bond acceptors (Lipinski definition) is 5. The number of benzene rings is 1. The van der Waals surface area contributed by atoms with Gasteiger partial charge in [-0.3, -0.25) is 9.55 Å². The van der Waals surface area contributed by atoms with Crippen molar-refractivity contribution in [2.45, 2.75) is 26.4 Å². The van der Waals surface area contributed by atoms with Crippen LogP contribution in [0.5, 0.6) is 0 Å². The van der Waals surface area contributed by atoms with E-state index in [0.717, 1.165) is 22.2 Å². The average molecular weight is 390 g/mol. The summed E-state index contributed by atoms with van der Waals surface area (Å²) in [6.45, 7) is 3.69. The number of fused-ring (bicyclic) bond motifs is 2. The lowest BCUT2D eigenvalue weighted by Gasteiger charge is -2.25. The third-order valence-corrected chi connectivity index (χ3v) is 5.56. The van der Waals surface area contributed by atoms with E-state index in [0.29, 0.717) is 28.4 Å². The molecule has 1 unspecified atom stereocenters. The standard InChI is InChI=1S/C21H19FN6O/c1-11-7-16-13(5-4-6-23-16)8-15(11)25-20-24-10-18-19(26-20)28(21(29)27(18)3)17-9-14(22)12(17)2/h4-8,10,14H,9H2,1-3H3,(H,24,25,26). The van der Waals surface area contributed by atoms with Gasteiger partial charge in [-0.05, 0) is 43.2 Å². The van der Waals surface area contributed by atoms with Crippen LogP contribution in [-0.4, -0.2) is 30.3 Å². The number of halogens is 1. The van der Waals surface area contributed by atoms with Gasteiger partial charge in [0.15, 0.2) is 5.65 Å². The van der Waals surface area contributed by atoms with Crippen molar-refractivity contribution in [2.75, 3.05) is 5.32 Å². The van der Waals surface area contributed by atoms with Crippen molar-refractivity contribution in [2.24, 2.45) is 7.05 Å². The molecule has 1 aliphatic rings. The van der Waals surface area contributed by atoms with Crippen LogP contribution in [0, 0.1) is 6.92 Å². The maximum absolute atomic E-state index is 13.7. The van der Waals surface area contributed by atoms with E-state index in [2.05, 4.69) is 20.3 Å². The van der Waals surface area contributed by atoms with E-state index >= 15 is 0 Å². The molecule has 0 saturated heterocycles. The number of hydrogen-bond donors (Lipinski definition) is 1. The largest absolute Gasteiger partial charge is 0.334 e. The Morgan fingerprint density at radius 3 is 2.83 bits per heavy atom. The lowest BCUT2D eigenvalue weighted by atomic mass is 9.93. The van der Waals surface area contributed by atoms with Crippen LogP contribution in [0.4, 0.5) is 16.0 Å². The average Bonchev–Trinajstić information content (AvgIpc) is 2.96. The number of imidazole rings is 1. The van der Waals surface area contributed by atoms with E-state index in [1.807, 2.05) is 31.2 Å². The van der Waals surface area contributed by atoms with Crippen LogP contribution in [-0.2, 0) is 7.05 Å². The number of aryl methyl sites for hydroxylation is 2. The summed E-state index contributed by atoms with van der Waals surface area (Å²) in [6, 6.07) is 7.87. The zero-order valence-electron chi connectivity index (χ0n) is 16.3. The first-order valence-corrected chi connectivity index (χ1v) is 9.35. The summed E-state index contributed by atoms with van der Waals surface area (Å²) in [6.07, 6.45) is 2.59. The minimum Gasteiger partial charge on any atom is -0.324 e. The summed E-state index contributed by atoms with van der Waals surface area (Å²) >= 11 is 0. The number of allylic oxidation sites excluding steroid dienone is 2. The molecule has 0 saturated carbocycles. The SMILES string of the molecule is CC1=C(n2c(=O)n(C)c3cnc(Nc4cc5cccnc5cc4C)nc32)CC1F. The third kappa shape index (κ3) is 2.63. The summed E-state index contributed by atoms with van der Waals surface area (Å²) in [5, 5.41) is 4.24. The van der Waals surface area contributed by atoms with E-state index < -0.39 is 6.17 Å². The van der Waals surface area contributed by atoms with Crippen LogP contribution < -0.4 is 11.0 Å². The molecule has 0 amide bonds. The molecule has 1 aromatic carbocycles. The van der Waals surface area contributed by atoms with Crippen LogP contribution in [0.15, 0.2) is 47.0 Å². The predicted octanol–water partition coefficient (Wildman–Crippen LogP) is 3.70. The van der Waals surface area contributed by atoms with E-state index in [9.17, 15) is 9.18 Å². The van der Waals surface area contributed by atoms with Gasteiger partial charge in [-0.1, -0.05) is 6.07 Å². The molecular formula is C21H19FN6O. The summed E-state index contributed by atoms with van der Waals surface area (Å²) < 4.78 is 16.7. The summed E-state index contributed by atoms with van der Waals surface area (Å²) in [5.41, 5.74) is 4.84. The Balaban J connectivity index is 1.62. The Labute approximate surface area is 165 Å². The number of rotatable bonds is 3. The van der Waals surface area contributed by atoms with Crippen molar-refractivity contribution in [3.05, 3.63) is 58.3 Å². The number of nitrogens with one attached hydrogen (secondary N) is 1. The molecule has 1 N–H and O–H groups in total. The van der Waals surface area contributed by atoms with Crippen LogP contribution in [0.1, 0.15) is 18.9 Å². The molecular weight excluding hydrogens is 371 g/mol. The summed E-state index contributed by atoms with van der Waals surface area (Å²) in [4.78, 5) is 26.0. The van der Waals surface area contributed by atoms with Crippen LogP contribution in [0.3, 0.4) is 0 Å². The van der Waals surface area contributed by atoms with Gasteiger partial charge in [-0.2, -0.15) is 4.98 Å². The number of pyridine rings is 1. The Hall–Kier alpha value is -3.55. The van der Waals surface area contributed by atoms with Crippen molar-refractivity contribution < 1.29 is 4.39 Å². The minimum absolute atomic E-state index is 0.217. The first-order valence-electron chi connectivity index (χ1n) is 9.35. The van der Waals surface area contributed by atoms with Gasteiger partial charge in [0.05, 0.1) is 11.7 Å². The van der Waals surface area contributed by atoms with E-state index in [1.165, 1.54) is 9.13 Å². The van der Waals surface area contributed by atoms with Crippen molar-refractivity contribution >= 4 is 39.4 Å². The predicted molar refractivity (Wildman–Crippen MR) is 111 cm³/mol. The number of alkyl halides is 1. The van der Waals surface area contributed by atoms with Crippen LogP contribution in [0.25, 0.3) is 27.8 Å². The molecule has 146 valence electrons. The van der Waals surface area contributed by atoms with E-state index in [1.54, 1.807) is 26.4 Å². The maximum Gasteiger partial charge on any atom is 0.334 e. The summed E-state index contributed by atoms with van der Waals surface area (Å²) in [5.74, 6) is 0.373. The fourth-order valence-corrected chi connectivity index (χ4v) is 3.70. The van der Waals surface area contributed by atoms with Crippen molar-refractivity contribution in [1.82, 2.24) is 24.1 Å². The molecule has 4 aromatic rings. The fraction of sp³-hybridized carbons (Fsp3) is 0.238. The molecule has 29 heavy (non-hydrogen) atoms. The number of aromatic nitrogens is 5. The maximum atomic E-state index is 13.7. The highest BCUT2D eigenvalue weighted by atomic mass is 19.1. The fourth-order valence-electron chi connectivity index (χ4n) is 3.70. The first kappa shape index (κ1) is 17.5. The Morgan fingerprint density at radius 1 is 1.24 bits per heavy atom. The van der Waals surface area contributed by atoms with Gasteiger partial charge in [0, 0.05) is 36.4 Å². The molecule has 1 aliphatic carbocycles. The third-order valence-electron chi connectivity index (χ3n) is 5.56. The van der Waals surface area contributed by atoms with Gasteiger partial charge >= 0.3 is 5.69 Å². The zero-order chi connectivity index (χ0) is 20.3. The Morgan fingerprint density at radius 2 is 2.07 bits per heavy atom. The highest BCUT2D eigenvalue weighted by Gasteiger charge is 2.30. The molecule has 0 fully saturated rings. The molecule has 0 spiro atoms. The normalized spacial score (nSPS) is 16.5. The first-order chi connectivity index (χ1) is 13.9. The highest BCUT2D eigenvalue weighted by molar-refractivity contribution is 5.85. The van der Waals surface area contributed by atoms with Crippen LogP contribution in [0.2, 0.25) is 0 Å². The molecule has 5 rings (SSSR count). The number of nitrogens with zero attached hydrogens (tertiary/aromatic N) is 5.